The number of nitrogens with one attached hydrogen (secondary N) is 1. The molecular weight excluding hydrogens is 285 g/mol. The molecule has 0 aliphatic carbocycles. The van der Waals surface area contributed by atoms with Crippen molar-refractivity contribution in [1.82, 2.24) is 20.2 Å². The molecule has 0 radical (unpaired) electrons. The molecule has 0 bridgehead atoms. The molecule has 1 amide bonds. The predicted octanol–water partition coefficient (Wildman–Crippen LogP) is 1.18. The third-order valence-corrected chi connectivity index (χ3v) is 2.71. The summed E-state index contributed by atoms with van der Waals surface area (Å²) in [4.78, 5) is 19.0. The Morgan fingerprint density at radius 3 is 2.53 bits per heavy atom. The van der Waals surface area contributed by atoms with Crippen LogP contribution in [0.25, 0.3) is 0 Å². The number of anilines is 2. The number of nitrogens with two attached hydrogens (primary N) is 1. The zero-order chi connectivity index (χ0) is 14.0. The van der Waals surface area contributed by atoms with Gasteiger partial charge in [0.15, 0.2) is 11.5 Å². The van der Waals surface area contributed by atoms with Gasteiger partial charge in [-0.25, -0.2) is 9.97 Å². The van der Waals surface area contributed by atoms with Crippen LogP contribution in [0.2, 0.25) is 0 Å². The minimum Gasteiger partial charge on any atom is -0.382 e. The van der Waals surface area contributed by atoms with Crippen molar-refractivity contribution in [2.45, 2.75) is 6.18 Å². The van der Waals surface area contributed by atoms with Crippen molar-refractivity contribution >= 4 is 28.2 Å². The average Bonchev–Trinajstić information content (AvgIpc) is 2.77. The van der Waals surface area contributed by atoms with Crippen molar-refractivity contribution < 1.29 is 18.0 Å². The van der Waals surface area contributed by atoms with Crippen molar-refractivity contribution in [2.24, 2.45) is 0 Å². The highest BCUT2D eigenvalue weighted by atomic mass is 32.1. The second-order valence-corrected chi connectivity index (χ2v) is 4.13. The quantitative estimate of drug-likeness (QED) is 0.860. The molecule has 2 aromatic heterocycles. The number of nitrogens with zero attached hydrogens (tertiary/aromatic N) is 4. The maximum atomic E-state index is 12.3. The molecule has 7 nitrogen and oxygen atoms in total. The zero-order valence-corrected chi connectivity index (χ0v) is 9.79. The summed E-state index contributed by atoms with van der Waals surface area (Å²) in [5.41, 5.74) is 5.20. The van der Waals surface area contributed by atoms with Gasteiger partial charge in [-0.1, -0.05) is 11.3 Å². The molecule has 0 spiro atoms. The molecule has 0 saturated heterocycles. The number of aromatic nitrogens is 4. The third-order valence-electron chi connectivity index (χ3n) is 1.83. The standard InChI is InChI=1S/C8H5F3N6OS/c9-8(10,11)6-16-17-7(19-6)15-5(18)3-4(12)14-2-1-13-3/h1-2H,(H2,12,14)(H,15,17,18). The molecule has 2 aromatic rings. The van der Waals surface area contributed by atoms with Crippen LogP contribution in [-0.4, -0.2) is 26.1 Å². The number of alkyl halides is 3. The van der Waals surface area contributed by atoms with Gasteiger partial charge in [0.05, 0.1) is 0 Å². The topological polar surface area (TPSA) is 107 Å². The molecule has 0 saturated carbocycles. The first-order valence-electron chi connectivity index (χ1n) is 4.66. The smallest absolute Gasteiger partial charge is 0.382 e. The van der Waals surface area contributed by atoms with Crippen LogP contribution >= 0.6 is 11.3 Å². The Kier molecular flexibility index (Phi) is 3.29. The average molecular weight is 290 g/mol. The predicted molar refractivity (Wildman–Crippen MR) is 59.3 cm³/mol. The molecule has 0 fully saturated rings. The van der Waals surface area contributed by atoms with Crippen LogP contribution in [-0.2, 0) is 6.18 Å². The maximum absolute atomic E-state index is 12.3. The second kappa shape index (κ2) is 4.76. The van der Waals surface area contributed by atoms with Crippen LogP contribution in [0.5, 0.6) is 0 Å². The summed E-state index contributed by atoms with van der Waals surface area (Å²) >= 11 is 0.201. The highest BCUT2D eigenvalue weighted by Gasteiger charge is 2.35. The van der Waals surface area contributed by atoms with E-state index in [0.717, 1.165) is 0 Å². The van der Waals surface area contributed by atoms with Gasteiger partial charge in [0, 0.05) is 12.4 Å². The number of rotatable bonds is 2. The summed E-state index contributed by atoms with van der Waals surface area (Å²) < 4.78 is 36.8. The molecule has 0 unspecified atom stereocenters. The van der Waals surface area contributed by atoms with E-state index in [1.165, 1.54) is 12.4 Å². The minimum atomic E-state index is -4.60. The van der Waals surface area contributed by atoms with Crippen LogP contribution in [0, 0.1) is 0 Å². The summed E-state index contributed by atoms with van der Waals surface area (Å²) in [5, 5.41) is 6.78. The van der Waals surface area contributed by atoms with E-state index in [9.17, 15) is 18.0 Å². The molecule has 0 aromatic carbocycles. The van der Waals surface area contributed by atoms with Gasteiger partial charge in [0.2, 0.25) is 10.1 Å². The van der Waals surface area contributed by atoms with Gasteiger partial charge in [-0.05, 0) is 0 Å². The largest absolute Gasteiger partial charge is 0.445 e. The van der Waals surface area contributed by atoms with Crippen molar-refractivity contribution in [2.75, 3.05) is 11.1 Å². The van der Waals surface area contributed by atoms with Gasteiger partial charge in [-0.15, -0.1) is 10.2 Å². The Morgan fingerprint density at radius 2 is 1.95 bits per heavy atom. The Balaban J connectivity index is 2.16. The Hall–Kier alpha value is -2.30. The number of nitrogen functional groups attached to an aromatic ring is 1. The van der Waals surface area contributed by atoms with Gasteiger partial charge in [-0.2, -0.15) is 13.2 Å². The molecule has 0 aliphatic rings. The van der Waals surface area contributed by atoms with Crippen LogP contribution in [0.4, 0.5) is 24.1 Å². The van der Waals surface area contributed by atoms with E-state index in [4.69, 9.17) is 5.73 Å². The van der Waals surface area contributed by atoms with E-state index in [1.807, 2.05) is 0 Å². The highest BCUT2D eigenvalue weighted by Crippen LogP contribution is 2.33. The molecule has 19 heavy (non-hydrogen) atoms. The highest BCUT2D eigenvalue weighted by molar-refractivity contribution is 7.15. The van der Waals surface area contributed by atoms with Crippen molar-refractivity contribution in [3.63, 3.8) is 0 Å². The summed E-state index contributed by atoms with van der Waals surface area (Å²) in [7, 11) is 0. The van der Waals surface area contributed by atoms with E-state index in [-0.39, 0.29) is 28.0 Å². The number of hydrogen-bond donors (Lipinski definition) is 2. The Bertz CT molecular complexity index is 613. The van der Waals surface area contributed by atoms with E-state index in [2.05, 4.69) is 25.5 Å². The molecule has 2 rings (SSSR count). The fourth-order valence-corrected chi connectivity index (χ4v) is 1.67. The monoisotopic (exact) mass is 290 g/mol. The van der Waals surface area contributed by atoms with Crippen LogP contribution in [0.15, 0.2) is 12.4 Å². The van der Waals surface area contributed by atoms with Crippen LogP contribution in [0.1, 0.15) is 15.5 Å². The Morgan fingerprint density at radius 1 is 1.26 bits per heavy atom. The first kappa shape index (κ1) is 13.1. The van der Waals surface area contributed by atoms with Crippen molar-refractivity contribution in [3.8, 4) is 0 Å². The Labute approximate surface area is 107 Å². The van der Waals surface area contributed by atoms with E-state index >= 15 is 0 Å². The first-order valence-corrected chi connectivity index (χ1v) is 5.48. The van der Waals surface area contributed by atoms with E-state index < -0.39 is 17.1 Å². The molecule has 2 heterocycles. The van der Waals surface area contributed by atoms with Crippen molar-refractivity contribution in [3.05, 3.63) is 23.1 Å². The molecule has 11 heteroatoms. The van der Waals surface area contributed by atoms with E-state index in [0.29, 0.717) is 0 Å². The lowest BCUT2D eigenvalue weighted by Crippen LogP contribution is -2.16. The van der Waals surface area contributed by atoms with Gasteiger partial charge in [0.25, 0.3) is 5.91 Å². The summed E-state index contributed by atoms with van der Waals surface area (Å²) in [5.74, 6) is -0.948. The fourth-order valence-electron chi connectivity index (χ4n) is 1.07. The number of carbonyl (C=O) groups excluding carboxylic acids is 1. The maximum Gasteiger partial charge on any atom is 0.445 e. The lowest BCUT2D eigenvalue weighted by atomic mass is 10.4. The third kappa shape index (κ3) is 2.93. The summed E-state index contributed by atoms with van der Waals surface area (Å²) in [6, 6.07) is 0. The van der Waals surface area contributed by atoms with Gasteiger partial charge in [0.1, 0.15) is 0 Å². The molecule has 0 atom stereocenters. The number of halogens is 3. The molecule has 100 valence electrons. The summed E-state index contributed by atoms with van der Waals surface area (Å²) in [6.45, 7) is 0. The van der Waals surface area contributed by atoms with Crippen LogP contribution < -0.4 is 11.1 Å². The fraction of sp³-hybridized carbons (Fsp3) is 0.125. The lowest BCUT2D eigenvalue weighted by Gasteiger charge is -2.02. The van der Waals surface area contributed by atoms with Gasteiger partial charge in [-0.3, -0.25) is 10.1 Å². The molecule has 0 aliphatic heterocycles. The SMILES string of the molecule is Nc1nccnc1C(=O)Nc1nnc(C(F)(F)F)s1. The molecule has 3 N–H and O–H groups in total. The van der Waals surface area contributed by atoms with Gasteiger partial charge < -0.3 is 5.73 Å². The van der Waals surface area contributed by atoms with Crippen LogP contribution in [0.3, 0.4) is 0 Å². The van der Waals surface area contributed by atoms with E-state index in [1.54, 1.807) is 0 Å². The number of amides is 1. The lowest BCUT2D eigenvalue weighted by molar-refractivity contribution is -0.138. The number of carbonyl (C=O) groups is 1. The minimum absolute atomic E-state index is 0.138. The van der Waals surface area contributed by atoms with Crippen molar-refractivity contribution in [1.29, 1.82) is 0 Å². The molecular formula is C8H5F3N6OS. The number of hydrogen-bond acceptors (Lipinski definition) is 7. The zero-order valence-electron chi connectivity index (χ0n) is 8.97. The first-order chi connectivity index (χ1) is 8.88. The second-order valence-electron chi connectivity index (χ2n) is 3.15. The normalized spacial score (nSPS) is 11.3. The summed E-state index contributed by atoms with van der Waals surface area (Å²) in [6.07, 6.45) is -2.10. The van der Waals surface area contributed by atoms with Gasteiger partial charge >= 0.3 is 6.18 Å².